The fourth-order valence-corrected chi connectivity index (χ4v) is 6.60. The quantitative estimate of drug-likeness (QED) is 0.262. The Hall–Kier alpha value is -2.28. The van der Waals surface area contributed by atoms with E-state index in [1.165, 1.54) is 55.3 Å². The summed E-state index contributed by atoms with van der Waals surface area (Å²) in [7, 11) is 0. The van der Waals surface area contributed by atoms with Crippen LogP contribution in [-0.2, 0) is 10.8 Å². The largest absolute Gasteiger partial charge is 0.0843 e. The molecule has 2 aliphatic carbocycles. The molecule has 6 rings (SSSR count). The molecule has 0 unspecified atom stereocenters. The SMILES string of the molecule is CC1(C)c2cc3c(cc2-c2cc(Cl)cc(Cl)c21)C(C)(C)c1cccc2cccc-3c12. The highest BCUT2D eigenvalue weighted by atomic mass is 35.5. The number of halogens is 2. The zero-order chi connectivity index (χ0) is 21.0. The van der Waals surface area contributed by atoms with Crippen LogP contribution in [0.15, 0.2) is 60.7 Å². The van der Waals surface area contributed by atoms with Crippen LogP contribution < -0.4 is 0 Å². The van der Waals surface area contributed by atoms with E-state index in [1.807, 2.05) is 6.07 Å². The van der Waals surface area contributed by atoms with E-state index < -0.39 is 0 Å². The van der Waals surface area contributed by atoms with Gasteiger partial charge in [-0.05, 0) is 79.5 Å². The number of hydrogen-bond acceptors (Lipinski definition) is 0. The van der Waals surface area contributed by atoms with Gasteiger partial charge < -0.3 is 0 Å². The molecule has 0 radical (unpaired) electrons. The maximum absolute atomic E-state index is 6.72. The van der Waals surface area contributed by atoms with Gasteiger partial charge in [-0.3, -0.25) is 0 Å². The van der Waals surface area contributed by atoms with Gasteiger partial charge in [0.2, 0.25) is 0 Å². The van der Waals surface area contributed by atoms with E-state index in [4.69, 9.17) is 23.2 Å². The lowest BCUT2D eigenvalue weighted by Crippen LogP contribution is -2.24. The van der Waals surface area contributed by atoms with E-state index in [-0.39, 0.29) is 10.8 Å². The summed E-state index contributed by atoms with van der Waals surface area (Å²) in [6.45, 7) is 9.22. The Morgan fingerprint density at radius 3 is 1.97 bits per heavy atom. The Balaban J connectivity index is 1.76. The van der Waals surface area contributed by atoms with Crippen molar-refractivity contribution in [3.63, 3.8) is 0 Å². The average Bonchev–Trinajstić information content (AvgIpc) is 2.92. The third-order valence-electron chi connectivity index (χ3n) is 7.34. The summed E-state index contributed by atoms with van der Waals surface area (Å²) in [6, 6.07) is 22.1. The van der Waals surface area contributed by atoms with Crippen molar-refractivity contribution in [1.82, 2.24) is 0 Å². The Bertz CT molecular complexity index is 1400. The van der Waals surface area contributed by atoms with Crippen LogP contribution >= 0.6 is 23.2 Å². The molecule has 4 aromatic rings. The van der Waals surface area contributed by atoms with Crippen LogP contribution in [0.25, 0.3) is 33.0 Å². The molecule has 148 valence electrons. The molecule has 2 aliphatic rings. The van der Waals surface area contributed by atoms with Crippen LogP contribution in [0, 0.1) is 0 Å². The predicted octanol–water partition coefficient (Wildman–Crippen LogP) is 8.76. The first-order valence-electron chi connectivity index (χ1n) is 10.4. The van der Waals surface area contributed by atoms with Crippen molar-refractivity contribution in [2.75, 3.05) is 0 Å². The van der Waals surface area contributed by atoms with Gasteiger partial charge in [0.15, 0.2) is 0 Å². The first-order valence-corrected chi connectivity index (χ1v) is 11.2. The maximum Gasteiger partial charge on any atom is 0.0467 e. The molecular formula is C28H22Cl2. The zero-order valence-corrected chi connectivity index (χ0v) is 19.0. The molecule has 0 amide bonds. The van der Waals surface area contributed by atoms with Crippen molar-refractivity contribution in [2.24, 2.45) is 0 Å². The summed E-state index contributed by atoms with van der Waals surface area (Å²) in [4.78, 5) is 0. The van der Waals surface area contributed by atoms with Crippen LogP contribution in [0.5, 0.6) is 0 Å². The second-order valence-electron chi connectivity index (χ2n) is 9.71. The van der Waals surface area contributed by atoms with E-state index >= 15 is 0 Å². The number of rotatable bonds is 0. The van der Waals surface area contributed by atoms with Crippen LogP contribution in [0.1, 0.15) is 49.9 Å². The molecule has 0 bridgehead atoms. The molecule has 0 heterocycles. The summed E-state index contributed by atoms with van der Waals surface area (Å²) < 4.78 is 0. The minimum atomic E-state index is -0.170. The summed E-state index contributed by atoms with van der Waals surface area (Å²) >= 11 is 13.1. The second kappa shape index (κ2) is 5.69. The Kier molecular flexibility index (Phi) is 3.51. The highest BCUT2D eigenvalue weighted by molar-refractivity contribution is 6.36. The minimum Gasteiger partial charge on any atom is -0.0843 e. The molecule has 0 aromatic heterocycles. The van der Waals surface area contributed by atoms with E-state index in [2.05, 4.69) is 82.3 Å². The van der Waals surface area contributed by atoms with E-state index in [9.17, 15) is 0 Å². The van der Waals surface area contributed by atoms with Crippen molar-refractivity contribution in [3.8, 4) is 22.3 Å². The zero-order valence-electron chi connectivity index (χ0n) is 17.5. The summed E-state index contributed by atoms with van der Waals surface area (Å²) in [5, 5.41) is 4.13. The highest BCUT2D eigenvalue weighted by Gasteiger charge is 2.41. The molecule has 0 saturated carbocycles. The Morgan fingerprint density at radius 1 is 0.600 bits per heavy atom. The molecule has 30 heavy (non-hydrogen) atoms. The van der Waals surface area contributed by atoms with Crippen molar-refractivity contribution in [2.45, 2.75) is 38.5 Å². The molecule has 0 atom stereocenters. The van der Waals surface area contributed by atoms with Crippen molar-refractivity contribution >= 4 is 34.0 Å². The third-order valence-corrected chi connectivity index (χ3v) is 7.86. The lowest BCUT2D eigenvalue weighted by Gasteiger charge is -2.36. The van der Waals surface area contributed by atoms with Gasteiger partial charge in [-0.1, -0.05) is 87.3 Å². The maximum atomic E-state index is 6.72. The lowest BCUT2D eigenvalue weighted by atomic mass is 9.67. The molecule has 0 nitrogen and oxygen atoms in total. The van der Waals surface area contributed by atoms with Gasteiger partial charge in [-0.2, -0.15) is 0 Å². The van der Waals surface area contributed by atoms with E-state index in [1.54, 1.807) is 0 Å². The number of fused-ring (bicyclic) bond motifs is 5. The minimum absolute atomic E-state index is 0.0898. The first kappa shape index (κ1) is 18.5. The number of benzene rings is 4. The molecule has 0 spiro atoms. The van der Waals surface area contributed by atoms with E-state index in [0.717, 1.165) is 5.02 Å². The van der Waals surface area contributed by atoms with E-state index in [0.29, 0.717) is 5.02 Å². The van der Waals surface area contributed by atoms with Crippen LogP contribution in [0.3, 0.4) is 0 Å². The van der Waals surface area contributed by atoms with Crippen molar-refractivity contribution < 1.29 is 0 Å². The van der Waals surface area contributed by atoms with Crippen molar-refractivity contribution in [1.29, 1.82) is 0 Å². The van der Waals surface area contributed by atoms with Gasteiger partial charge in [0.05, 0.1) is 0 Å². The summed E-state index contributed by atoms with van der Waals surface area (Å²) in [5.41, 5.74) is 10.1. The Labute approximate surface area is 187 Å². The molecule has 0 fully saturated rings. The van der Waals surface area contributed by atoms with Crippen LogP contribution in [0.4, 0.5) is 0 Å². The fourth-order valence-electron chi connectivity index (χ4n) is 5.87. The van der Waals surface area contributed by atoms with Gasteiger partial charge >= 0.3 is 0 Å². The summed E-state index contributed by atoms with van der Waals surface area (Å²) in [6.07, 6.45) is 0. The monoisotopic (exact) mass is 428 g/mol. The molecule has 0 aliphatic heterocycles. The normalized spacial score (nSPS) is 16.9. The first-order chi connectivity index (χ1) is 14.2. The van der Waals surface area contributed by atoms with Crippen LogP contribution in [0.2, 0.25) is 10.0 Å². The Morgan fingerprint density at radius 2 is 1.23 bits per heavy atom. The van der Waals surface area contributed by atoms with Gasteiger partial charge in [-0.15, -0.1) is 0 Å². The molecule has 2 heteroatoms. The molecule has 0 N–H and O–H groups in total. The standard InChI is InChI=1S/C28H22Cl2/c1-27(2)21-10-6-8-15-7-5-9-17(25(15)21)18-13-23-19(14-22(18)27)20-11-16(29)12-24(30)26(20)28(23,3)4/h5-14H,1-4H3. The van der Waals surface area contributed by atoms with Crippen LogP contribution in [-0.4, -0.2) is 0 Å². The topological polar surface area (TPSA) is 0 Å². The lowest BCUT2D eigenvalue weighted by molar-refractivity contribution is 0.639. The third kappa shape index (κ3) is 2.14. The smallest absolute Gasteiger partial charge is 0.0467 e. The molecule has 0 saturated heterocycles. The molecule has 4 aromatic carbocycles. The van der Waals surface area contributed by atoms with Gasteiger partial charge in [-0.25, -0.2) is 0 Å². The molecular weight excluding hydrogens is 407 g/mol. The summed E-state index contributed by atoms with van der Waals surface area (Å²) in [5.74, 6) is 0. The number of hydrogen-bond donors (Lipinski definition) is 0. The van der Waals surface area contributed by atoms with Gasteiger partial charge in [0, 0.05) is 20.9 Å². The van der Waals surface area contributed by atoms with Crippen molar-refractivity contribution in [3.05, 3.63) is 93.0 Å². The van der Waals surface area contributed by atoms with Gasteiger partial charge in [0.1, 0.15) is 0 Å². The average molecular weight is 429 g/mol. The van der Waals surface area contributed by atoms with Gasteiger partial charge in [0.25, 0.3) is 0 Å². The highest BCUT2D eigenvalue weighted by Crippen LogP contribution is 2.57. The fraction of sp³-hybridized carbons (Fsp3) is 0.214. The predicted molar refractivity (Wildman–Crippen MR) is 129 cm³/mol. The second-order valence-corrected chi connectivity index (χ2v) is 10.6.